The first-order chi connectivity index (χ1) is 15.2. The summed E-state index contributed by atoms with van der Waals surface area (Å²) in [5.41, 5.74) is 16.4. The number of aromatic amines is 2. The molecule has 0 atom stereocenters. The van der Waals surface area contributed by atoms with E-state index in [1.165, 1.54) is 0 Å². The second-order valence-electron chi connectivity index (χ2n) is 7.71. The molecule has 2 aliphatic rings. The van der Waals surface area contributed by atoms with Crippen LogP contribution in [0.5, 0.6) is 0 Å². The molecular weight excluding hydrogens is 441 g/mol. The third kappa shape index (κ3) is 3.89. The first kappa shape index (κ1) is 20.1. The van der Waals surface area contributed by atoms with Gasteiger partial charge >= 0.3 is 0 Å². The van der Waals surface area contributed by atoms with Crippen molar-refractivity contribution in [2.45, 2.75) is 0 Å². The molecule has 1 aromatic carbocycles. The van der Waals surface area contributed by atoms with Crippen molar-refractivity contribution in [1.29, 1.82) is 0 Å². The van der Waals surface area contributed by atoms with Gasteiger partial charge < -0.3 is 15.7 Å². The molecule has 0 unspecified atom stereocenters. The molecule has 0 spiro atoms. The SMILES string of the molecule is Nc1ccc(-c2cc3cc4nc(cc5ccc(cc6nc(cc2[nH]3)C=C6)[nH]5)C=C4)cc1.[Co]. The Morgan fingerprint density at radius 3 is 1.69 bits per heavy atom. The van der Waals surface area contributed by atoms with Gasteiger partial charge in [-0.1, -0.05) is 12.1 Å². The van der Waals surface area contributed by atoms with E-state index in [1.807, 2.05) is 72.8 Å². The number of aromatic nitrogens is 4. The zero-order valence-corrected chi connectivity index (χ0v) is 18.0. The Bertz CT molecular complexity index is 1540. The molecule has 0 saturated heterocycles. The number of benzene rings is 1. The third-order valence-electron chi connectivity index (χ3n) is 5.39. The molecule has 32 heavy (non-hydrogen) atoms. The number of rotatable bonds is 1. The average Bonchev–Trinajstić information content (AvgIpc) is 3.54. The fourth-order valence-corrected chi connectivity index (χ4v) is 3.92. The number of nitrogens with one attached hydrogen (secondary N) is 2. The van der Waals surface area contributed by atoms with Gasteiger partial charge in [-0.05, 0) is 84.5 Å². The fourth-order valence-electron chi connectivity index (χ4n) is 3.92. The van der Waals surface area contributed by atoms with Crippen LogP contribution in [-0.2, 0) is 16.8 Å². The van der Waals surface area contributed by atoms with Gasteiger partial charge in [-0.3, -0.25) is 0 Å². The topological polar surface area (TPSA) is 83.4 Å². The van der Waals surface area contributed by atoms with Gasteiger partial charge in [0.25, 0.3) is 0 Å². The molecular formula is C26H19CoN5. The summed E-state index contributed by atoms with van der Waals surface area (Å²) in [5, 5.41) is 0. The van der Waals surface area contributed by atoms with E-state index in [0.29, 0.717) is 0 Å². The first-order valence-corrected chi connectivity index (χ1v) is 10.1. The number of hydrogen-bond donors (Lipinski definition) is 3. The molecule has 5 heterocycles. The van der Waals surface area contributed by atoms with E-state index in [9.17, 15) is 0 Å². The Labute approximate surface area is 195 Å². The van der Waals surface area contributed by atoms with E-state index < -0.39 is 0 Å². The molecule has 8 bridgehead atoms. The number of fused-ring (bicyclic) bond motifs is 8. The maximum atomic E-state index is 5.89. The molecule has 1 radical (unpaired) electrons. The Hall–Kier alpha value is -3.87. The van der Waals surface area contributed by atoms with Gasteiger partial charge in [0.2, 0.25) is 0 Å². The molecule has 157 valence electrons. The van der Waals surface area contributed by atoms with Crippen molar-refractivity contribution in [2.24, 2.45) is 0 Å². The van der Waals surface area contributed by atoms with E-state index in [-0.39, 0.29) is 16.8 Å². The predicted octanol–water partition coefficient (Wildman–Crippen LogP) is 5.90. The second-order valence-corrected chi connectivity index (χ2v) is 7.71. The summed E-state index contributed by atoms with van der Waals surface area (Å²) < 4.78 is 0. The quantitative estimate of drug-likeness (QED) is 0.267. The van der Waals surface area contributed by atoms with Crippen LogP contribution < -0.4 is 5.73 Å². The summed E-state index contributed by atoms with van der Waals surface area (Å²) in [6, 6.07) is 22.4. The van der Waals surface area contributed by atoms with Gasteiger partial charge in [0.05, 0.1) is 22.8 Å². The molecule has 6 rings (SSSR count). The molecule has 4 aromatic rings. The maximum absolute atomic E-state index is 5.89. The summed E-state index contributed by atoms with van der Waals surface area (Å²) in [5.74, 6) is 0. The van der Waals surface area contributed by atoms with Crippen molar-refractivity contribution in [3.63, 3.8) is 0 Å². The molecule has 0 aliphatic carbocycles. The fraction of sp³-hybridized carbons (Fsp3) is 0. The number of nitrogens with two attached hydrogens (primary N) is 1. The first-order valence-electron chi connectivity index (χ1n) is 10.1. The van der Waals surface area contributed by atoms with Crippen molar-refractivity contribution in [1.82, 2.24) is 19.9 Å². The minimum absolute atomic E-state index is 0. The number of H-pyrrole nitrogens is 2. The van der Waals surface area contributed by atoms with Gasteiger partial charge in [-0.2, -0.15) is 0 Å². The molecule has 6 heteroatoms. The van der Waals surface area contributed by atoms with Gasteiger partial charge in [-0.15, -0.1) is 0 Å². The Morgan fingerprint density at radius 1 is 0.562 bits per heavy atom. The van der Waals surface area contributed by atoms with Crippen molar-refractivity contribution >= 4 is 52.1 Å². The molecule has 2 aliphatic heterocycles. The minimum Gasteiger partial charge on any atom is -0.399 e. The van der Waals surface area contributed by atoms with Crippen LogP contribution in [0.25, 0.3) is 57.5 Å². The summed E-state index contributed by atoms with van der Waals surface area (Å²) in [7, 11) is 0. The van der Waals surface area contributed by atoms with Crippen LogP contribution in [0.1, 0.15) is 22.8 Å². The van der Waals surface area contributed by atoms with Crippen LogP contribution in [0.2, 0.25) is 0 Å². The van der Waals surface area contributed by atoms with E-state index >= 15 is 0 Å². The maximum Gasteiger partial charge on any atom is 0.0658 e. The summed E-state index contributed by atoms with van der Waals surface area (Å²) in [6.45, 7) is 0. The van der Waals surface area contributed by atoms with Crippen LogP contribution in [0.3, 0.4) is 0 Å². The molecule has 0 fully saturated rings. The molecule has 4 N–H and O–H groups in total. The van der Waals surface area contributed by atoms with Crippen molar-refractivity contribution in [3.8, 4) is 11.1 Å². The van der Waals surface area contributed by atoms with Crippen molar-refractivity contribution in [2.75, 3.05) is 5.73 Å². The zero-order valence-electron chi connectivity index (χ0n) is 17.0. The smallest absolute Gasteiger partial charge is 0.0658 e. The third-order valence-corrected chi connectivity index (χ3v) is 5.39. The second kappa shape index (κ2) is 7.99. The van der Waals surface area contributed by atoms with E-state index in [2.05, 4.69) is 28.2 Å². The Kier molecular flexibility index (Phi) is 5.01. The van der Waals surface area contributed by atoms with E-state index in [1.54, 1.807) is 0 Å². The van der Waals surface area contributed by atoms with E-state index in [4.69, 9.17) is 15.7 Å². The van der Waals surface area contributed by atoms with Gasteiger partial charge in [0.1, 0.15) is 0 Å². The molecule has 3 aromatic heterocycles. The number of anilines is 1. The van der Waals surface area contributed by atoms with Crippen LogP contribution in [0.4, 0.5) is 5.69 Å². The Morgan fingerprint density at radius 2 is 1.09 bits per heavy atom. The summed E-state index contributed by atoms with van der Waals surface area (Å²) >= 11 is 0. The molecule has 0 amide bonds. The van der Waals surface area contributed by atoms with Gasteiger partial charge in [-0.25, -0.2) is 9.97 Å². The van der Waals surface area contributed by atoms with Crippen molar-refractivity contribution in [3.05, 3.63) is 89.5 Å². The Balaban J connectivity index is 0.00000216. The normalized spacial score (nSPS) is 12.0. The van der Waals surface area contributed by atoms with E-state index in [0.717, 1.165) is 61.7 Å². The predicted molar refractivity (Wildman–Crippen MR) is 129 cm³/mol. The summed E-state index contributed by atoms with van der Waals surface area (Å²) in [4.78, 5) is 16.4. The minimum atomic E-state index is 0. The monoisotopic (exact) mass is 460 g/mol. The van der Waals surface area contributed by atoms with Crippen LogP contribution in [0, 0.1) is 0 Å². The molecule has 5 nitrogen and oxygen atoms in total. The van der Waals surface area contributed by atoms with Crippen LogP contribution >= 0.6 is 0 Å². The number of hydrogen-bond acceptors (Lipinski definition) is 3. The van der Waals surface area contributed by atoms with Crippen LogP contribution in [-0.4, -0.2) is 19.9 Å². The zero-order chi connectivity index (χ0) is 20.8. The van der Waals surface area contributed by atoms with Gasteiger partial charge in [0.15, 0.2) is 0 Å². The standard InChI is InChI=1S/C26H19N5.Co/c27-17-3-1-16(2-4-17)25-14-24-13-22-8-7-20(29-22)11-18-5-6-19(28-18)12-21-9-10-23(30-21)15-26(25)31-24;/h1-15,28,31H,27H2;. The van der Waals surface area contributed by atoms with Gasteiger partial charge in [0, 0.05) is 50.1 Å². The summed E-state index contributed by atoms with van der Waals surface area (Å²) in [6.07, 6.45) is 8.10. The average molecular weight is 460 g/mol. The number of nitrogen functional groups attached to an aromatic ring is 1. The molecule has 0 saturated carbocycles. The largest absolute Gasteiger partial charge is 0.399 e. The van der Waals surface area contributed by atoms with Crippen molar-refractivity contribution < 1.29 is 16.8 Å². The number of nitrogens with zero attached hydrogens (tertiary/aromatic N) is 2. The van der Waals surface area contributed by atoms with Crippen LogP contribution in [0.15, 0.2) is 66.7 Å².